The number of methoxy groups -OCH3 is 2. The number of nitrogens with zero attached hydrogens (tertiary/aromatic N) is 9. The molecule has 2 aliphatic rings. The van der Waals surface area contributed by atoms with Crippen LogP contribution in [0.25, 0.3) is 22.3 Å². The van der Waals surface area contributed by atoms with Gasteiger partial charge in [0.1, 0.15) is 36.3 Å². The fourth-order valence-corrected chi connectivity index (χ4v) is 14.1. The number of ether oxygens (including phenoxy) is 6. The number of halogens is 4. The van der Waals surface area contributed by atoms with Crippen molar-refractivity contribution in [1.82, 2.24) is 43.6 Å². The van der Waals surface area contributed by atoms with Gasteiger partial charge in [0.2, 0.25) is 21.8 Å². The Balaban J connectivity index is 0.000000253. The van der Waals surface area contributed by atoms with E-state index in [1.54, 1.807) is 100 Å². The van der Waals surface area contributed by atoms with Crippen LogP contribution in [0.3, 0.4) is 0 Å². The van der Waals surface area contributed by atoms with Gasteiger partial charge in [-0.3, -0.25) is 28.8 Å². The van der Waals surface area contributed by atoms with E-state index in [1.807, 2.05) is 37.5 Å². The molecule has 8 aromatic rings. The van der Waals surface area contributed by atoms with Crippen molar-refractivity contribution in [3.8, 4) is 45.5 Å². The van der Waals surface area contributed by atoms with E-state index in [9.17, 15) is 45.4 Å². The molecule has 102 heavy (non-hydrogen) atoms. The number of carboxylic acids is 2. The van der Waals surface area contributed by atoms with Crippen LogP contribution in [0.15, 0.2) is 120 Å². The molecule has 2 saturated heterocycles. The molecule has 10 rings (SSSR count). The predicted octanol–water partition coefficient (Wildman–Crippen LogP) is 10.3. The smallest absolute Gasteiger partial charge is 0.307 e. The van der Waals surface area contributed by atoms with E-state index in [2.05, 4.69) is 20.2 Å². The van der Waals surface area contributed by atoms with Gasteiger partial charge in [-0.1, -0.05) is 52.0 Å². The fourth-order valence-electron chi connectivity index (χ4n) is 12.1. The van der Waals surface area contributed by atoms with Crippen molar-refractivity contribution in [1.29, 1.82) is 0 Å². The number of carboxylic acid groups (broad SMARTS) is 2. The summed E-state index contributed by atoms with van der Waals surface area (Å²) in [6.45, 7) is 18.0. The van der Waals surface area contributed by atoms with Crippen molar-refractivity contribution >= 4 is 32.0 Å². The van der Waals surface area contributed by atoms with Crippen molar-refractivity contribution in [3.05, 3.63) is 177 Å². The molecule has 4 aromatic carbocycles. The minimum Gasteiger partial charge on any atom is -0.497 e. The lowest BCUT2D eigenvalue weighted by molar-refractivity contribution is -0.137. The molecule has 0 saturated carbocycles. The monoisotopic (exact) mass is 1450 g/mol. The normalized spacial score (nSPS) is 14.3. The Labute approximate surface area is 591 Å². The lowest BCUT2D eigenvalue weighted by Crippen LogP contribution is -2.40. The highest BCUT2D eigenvalue weighted by atomic mass is 32.2. The van der Waals surface area contributed by atoms with E-state index in [4.69, 9.17) is 33.6 Å². The number of hydrogen-bond donors (Lipinski definition) is 3. The fraction of sp³-hybridized carbons (Fsp3) is 0.417. The van der Waals surface area contributed by atoms with Crippen LogP contribution in [0, 0.1) is 23.3 Å². The maximum atomic E-state index is 17.1. The number of hydrogen-bond acceptors (Lipinski definition) is 18. The molecule has 30 heteroatoms. The van der Waals surface area contributed by atoms with E-state index < -0.39 is 76.4 Å². The third-order valence-electron chi connectivity index (χ3n) is 17.4. The summed E-state index contributed by atoms with van der Waals surface area (Å²) >= 11 is 0. The van der Waals surface area contributed by atoms with E-state index >= 15 is 8.78 Å². The Hall–Kier alpha value is -8.88. The second-order valence-corrected chi connectivity index (χ2v) is 30.0. The highest BCUT2D eigenvalue weighted by Gasteiger charge is 2.39. The molecule has 0 bridgehead atoms. The third-order valence-corrected chi connectivity index (χ3v) is 19.9. The van der Waals surface area contributed by atoms with Crippen LogP contribution in [-0.2, 0) is 89.2 Å². The molecule has 0 aliphatic carbocycles. The Morgan fingerprint density at radius 1 is 0.578 bits per heavy atom. The largest absolute Gasteiger partial charge is 0.497 e. The van der Waals surface area contributed by atoms with Gasteiger partial charge in [0.25, 0.3) is 20.0 Å². The van der Waals surface area contributed by atoms with E-state index in [1.165, 1.54) is 64.5 Å². The standard InChI is InChI=1S/C44H51F2N5O8S.C28H35F2N5O6S/c1-29(2)36-22-33(45)23-37(38(36)24-41(52)53)32-15-16-47-40(21-32)59-28-44(3,4)51-39(27-49-17-19-58-20-18-49)42(46)43(48-51)60(54,55)50(25-30-7-11-34(56-5)12-8-30)26-31-9-13-35(57-6)14-10-31;1-17(2)20-12-19(29)13-21(22(20)14-25(36)37)18-5-6-32-24(11-18)41-16-28(3,4)35-23(15-34-7-9-40-10-8-34)26(30)27(33-35)42(31,38)39/h7-16,21-23,29H,17-20,24-28H2,1-6H3,(H,52,53);5-6,11-13,17H,7-10,14-16H2,1-4H3,(H,36,37)(H2,31,38,39). The highest BCUT2D eigenvalue weighted by molar-refractivity contribution is 7.89. The number of nitrogens with two attached hydrogens (primary N) is 1. The Kier molecular flexibility index (Phi) is 25.0. The summed E-state index contributed by atoms with van der Waals surface area (Å²) in [6, 6.07) is 25.6. The number of morpholine rings is 2. The van der Waals surface area contributed by atoms with Gasteiger partial charge in [-0.15, -0.1) is 0 Å². The molecule has 4 N–H and O–H groups in total. The summed E-state index contributed by atoms with van der Waals surface area (Å²) in [5.74, 6) is -3.86. The third kappa shape index (κ3) is 19.0. The quantitative estimate of drug-likeness (QED) is 0.0367. The van der Waals surface area contributed by atoms with Crippen LogP contribution in [-0.4, -0.2) is 163 Å². The number of aromatic nitrogens is 6. The summed E-state index contributed by atoms with van der Waals surface area (Å²) < 4.78 is 153. The van der Waals surface area contributed by atoms with E-state index in [-0.39, 0.29) is 87.2 Å². The molecule has 0 amide bonds. The predicted molar refractivity (Wildman–Crippen MR) is 370 cm³/mol. The average molecular weight is 1460 g/mol. The molecule has 0 spiro atoms. The van der Waals surface area contributed by atoms with Crippen LogP contribution in [0.2, 0.25) is 0 Å². The van der Waals surface area contributed by atoms with E-state index in [0.29, 0.717) is 120 Å². The minimum atomic E-state index is -4.60. The van der Waals surface area contributed by atoms with Crippen molar-refractivity contribution < 1.29 is 82.6 Å². The lowest BCUT2D eigenvalue weighted by Gasteiger charge is -2.30. The van der Waals surface area contributed by atoms with Gasteiger partial charge < -0.3 is 38.6 Å². The molecular formula is C72H86F4N10O14S2. The Bertz CT molecular complexity index is 4460. The van der Waals surface area contributed by atoms with Gasteiger partial charge in [0.05, 0.1) is 76.0 Å². The number of pyridine rings is 2. The summed E-state index contributed by atoms with van der Waals surface area (Å²) in [7, 11) is -5.96. The van der Waals surface area contributed by atoms with Gasteiger partial charge >= 0.3 is 11.9 Å². The molecule has 6 heterocycles. The van der Waals surface area contributed by atoms with Gasteiger partial charge in [0.15, 0.2) is 11.6 Å². The topological polar surface area (TPSA) is 295 Å². The molecule has 24 nitrogen and oxygen atoms in total. The summed E-state index contributed by atoms with van der Waals surface area (Å²) in [4.78, 5) is 36.0. The molecule has 0 radical (unpaired) electrons. The number of rotatable bonds is 29. The number of aliphatic carboxylic acids is 2. The second-order valence-electron chi connectivity index (χ2n) is 26.7. The molecular weight excluding hydrogens is 1370 g/mol. The summed E-state index contributed by atoms with van der Waals surface area (Å²) in [6.07, 6.45) is 2.33. The number of carbonyl (C=O) groups is 2. The maximum absolute atomic E-state index is 17.1. The van der Waals surface area contributed by atoms with Crippen LogP contribution >= 0.6 is 0 Å². The zero-order valence-corrected chi connectivity index (χ0v) is 60.2. The zero-order chi connectivity index (χ0) is 74.0. The first-order valence-electron chi connectivity index (χ1n) is 33.0. The van der Waals surface area contributed by atoms with Crippen LogP contribution in [0.1, 0.15) is 112 Å². The van der Waals surface area contributed by atoms with Crippen molar-refractivity contribution in [2.24, 2.45) is 5.14 Å². The maximum Gasteiger partial charge on any atom is 0.307 e. The van der Waals surface area contributed by atoms with Crippen LogP contribution < -0.4 is 24.1 Å². The van der Waals surface area contributed by atoms with Crippen LogP contribution in [0.4, 0.5) is 17.6 Å². The summed E-state index contributed by atoms with van der Waals surface area (Å²) in [5, 5.41) is 31.5. The summed E-state index contributed by atoms with van der Waals surface area (Å²) in [5.41, 5.74) is 3.14. The van der Waals surface area contributed by atoms with Crippen molar-refractivity contribution in [3.63, 3.8) is 0 Å². The number of primary sulfonamides is 1. The first-order chi connectivity index (χ1) is 48.3. The van der Waals surface area contributed by atoms with Crippen molar-refractivity contribution in [2.75, 3.05) is 80.0 Å². The van der Waals surface area contributed by atoms with E-state index in [0.717, 1.165) is 0 Å². The minimum absolute atomic E-state index is 0.0375. The van der Waals surface area contributed by atoms with Gasteiger partial charge in [-0.25, -0.2) is 49.5 Å². The first-order valence-corrected chi connectivity index (χ1v) is 36.0. The van der Waals surface area contributed by atoms with Crippen LogP contribution in [0.5, 0.6) is 23.3 Å². The molecule has 548 valence electrons. The molecule has 0 unspecified atom stereocenters. The van der Waals surface area contributed by atoms with Gasteiger partial charge in [-0.2, -0.15) is 14.5 Å². The number of benzene rings is 4. The Morgan fingerprint density at radius 3 is 1.30 bits per heavy atom. The first kappa shape index (κ1) is 77.3. The highest BCUT2D eigenvalue weighted by Crippen LogP contribution is 2.37. The van der Waals surface area contributed by atoms with Crippen molar-refractivity contribution in [2.45, 2.75) is 127 Å². The molecule has 2 fully saturated rings. The van der Waals surface area contributed by atoms with Gasteiger partial charge in [-0.05, 0) is 156 Å². The molecule has 0 atom stereocenters. The SMILES string of the molecule is CC(C)c1cc(F)cc(-c2ccnc(OCC(C)(C)n3nc(S(N)(=O)=O)c(F)c3CN3CCOCC3)c2)c1CC(=O)O.COc1ccc(CN(Cc2ccc(OC)cc2)S(=O)(=O)c2nn(C(C)(C)COc3cc(-c4cc(F)cc(C(C)C)c4CC(=O)O)ccn3)c(CN3CCOCC3)c2F)cc1. The average Bonchev–Trinajstić information content (AvgIpc) is 1.58. The molecule has 4 aromatic heterocycles. The lowest BCUT2D eigenvalue weighted by atomic mass is 9.88. The number of sulfonamides is 2. The van der Waals surface area contributed by atoms with Gasteiger partial charge in [0, 0.05) is 76.9 Å². The second kappa shape index (κ2) is 33.1. The zero-order valence-electron chi connectivity index (χ0n) is 58.6. The Morgan fingerprint density at radius 2 is 0.951 bits per heavy atom. The molecule has 2 aliphatic heterocycles.